The number of nitrogens with one attached hydrogen (secondary N) is 2. The van der Waals surface area contributed by atoms with E-state index in [4.69, 9.17) is 9.72 Å². The zero-order valence-electron chi connectivity index (χ0n) is 21.9. The van der Waals surface area contributed by atoms with Gasteiger partial charge in [0, 0.05) is 37.9 Å². The number of alkyl halides is 1. The highest BCUT2D eigenvalue weighted by Gasteiger charge is 2.48. The van der Waals surface area contributed by atoms with Gasteiger partial charge in [0.05, 0.1) is 31.0 Å². The van der Waals surface area contributed by atoms with E-state index in [-0.39, 0.29) is 12.6 Å². The average Bonchev–Trinajstić information content (AvgIpc) is 3.44. The topological polar surface area (TPSA) is 121 Å². The molecule has 2 atom stereocenters. The second-order valence-corrected chi connectivity index (χ2v) is 10.4. The number of likely N-dealkylation sites (tertiary alicyclic amines) is 1. The fourth-order valence-electron chi connectivity index (χ4n) is 5.56. The number of pyridine rings is 1. The fourth-order valence-corrected chi connectivity index (χ4v) is 5.56. The molecule has 2 N–H and O–H groups in total. The summed E-state index contributed by atoms with van der Waals surface area (Å²) in [6, 6.07) is 8.00. The molecule has 0 aromatic carbocycles. The number of nitriles is 1. The van der Waals surface area contributed by atoms with Crippen molar-refractivity contribution >= 4 is 28.4 Å². The molecule has 38 heavy (non-hydrogen) atoms. The average molecular weight is 519 g/mol. The van der Waals surface area contributed by atoms with Gasteiger partial charge in [-0.1, -0.05) is 0 Å². The summed E-state index contributed by atoms with van der Waals surface area (Å²) < 4.78 is 24.3. The summed E-state index contributed by atoms with van der Waals surface area (Å²) in [6.07, 6.45) is 1.22. The fraction of sp³-hybridized carbons (Fsp3) is 0.500. The van der Waals surface area contributed by atoms with Crippen LogP contribution < -0.4 is 10.6 Å². The van der Waals surface area contributed by atoms with Crippen LogP contribution in [0.4, 0.5) is 16.2 Å². The summed E-state index contributed by atoms with van der Waals surface area (Å²) >= 11 is 0. The predicted molar refractivity (Wildman–Crippen MR) is 142 cm³/mol. The number of imidazole rings is 1. The van der Waals surface area contributed by atoms with Crippen LogP contribution >= 0.6 is 0 Å². The van der Waals surface area contributed by atoms with E-state index in [1.165, 1.54) is 0 Å². The maximum atomic E-state index is 15.2. The number of piperidine rings is 1. The smallest absolute Gasteiger partial charge is 0.243 e. The van der Waals surface area contributed by atoms with Gasteiger partial charge in [-0.3, -0.25) is 4.90 Å². The highest BCUT2D eigenvalue weighted by molar-refractivity contribution is 5.89. The standard InChI is InChI=1S/C26H31FN10O/c1-15(2)37-16(3)30-21-6-5-19(31-24(21)37)17-7-10-36-22(17)23(29-4)33-25(34-36)32-20-8-9-35(11-18(20)27)26(12-28)13-38-14-26/h5-7,10,15,18,20H,8-9,11,13-14H2,1-4H3,(H2,29,32,33,34)/t18-,20+/m1/s1. The third kappa shape index (κ3) is 3.85. The molecule has 12 heteroatoms. The van der Waals surface area contributed by atoms with E-state index in [2.05, 4.69) is 50.2 Å². The number of halogens is 1. The van der Waals surface area contributed by atoms with E-state index >= 15 is 4.39 Å². The monoisotopic (exact) mass is 518 g/mol. The number of anilines is 2. The summed E-state index contributed by atoms with van der Waals surface area (Å²) in [5.74, 6) is 1.88. The van der Waals surface area contributed by atoms with Crippen molar-refractivity contribution in [3.8, 4) is 17.3 Å². The number of fused-ring (bicyclic) bond motifs is 2. The Bertz CT molecular complexity index is 1550. The van der Waals surface area contributed by atoms with E-state index < -0.39 is 17.8 Å². The first kappa shape index (κ1) is 24.5. The molecule has 2 saturated heterocycles. The highest BCUT2D eigenvalue weighted by Crippen LogP contribution is 2.32. The number of hydrogen-bond acceptors (Lipinski definition) is 9. The van der Waals surface area contributed by atoms with Gasteiger partial charge >= 0.3 is 0 Å². The van der Waals surface area contributed by atoms with E-state index in [1.54, 1.807) is 11.6 Å². The Morgan fingerprint density at radius 2 is 2.03 bits per heavy atom. The molecule has 0 saturated carbocycles. The van der Waals surface area contributed by atoms with Crippen LogP contribution in [0.25, 0.3) is 27.9 Å². The molecular weight excluding hydrogens is 487 g/mol. The van der Waals surface area contributed by atoms with E-state index in [0.717, 1.165) is 33.8 Å². The molecule has 2 aliphatic rings. The third-order valence-corrected chi connectivity index (χ3v) is 7.60. The lowest BCUT2D eigenvalue weighted by molar-refractivity contribution is -0.121. The molecule has 2 aliphatic heterocycles. The van der Waals surface area contributed by atoms with Crippen LogP contribution in [0.5, 0.6) is 0 Å². The predicted octanol–water partition coefficient (Wildman–Crippen LogP) is 3.19. The quantitative estimate of drug-likeness (QED) is 0.396. The number of aryl methyl sites for hydroxylation is 1. The van der Waals surface area contributed by atoms with Crippen molar-refractivity contribution in [2.75, 3.05) is 44.0 Å². The van der Waals surface area contributed by atoms with E-state index in [9.17, 15) is 5.26 Å². The largest absolute Gasteiger partial charge is 0.375 e. The van der Waals surface area contributed by atoms with Gasteiger partial charge in [-0.05, 0) is 45.4 Å². The van der Waals surface area contributed by atoms with Gasteiger partial charge in [0.2, 0.25) is 5.95 Å². The van der Waals surface area contributed by atoms with Gasteiger partial charge in [-0.25, -0.2) is 18.9 Å². The molecule has 0 aliphatic carbocycles. The summed E-state index contributed by atoms with van der Waals surface area (Å²) in [5, 5.41) is 20.6. The second-order valence-electron chi connectivity index (χ2n) is 10.4. The Hall–Kier alpha value is -3.82. The Morgan fingerprint density at radius 1 is 1.21 bits per heavy atom. The molecule has 6 rings (SSSR count). The van der Waals surface area contributed by atoms with Gasteiger partial charge in [0.1, 0.15) is 23.0 Å². The summed E-state index contributed by atoms with van der Waals surface area (Å²) in [4.78, 5) is 16.2. The third-order valence-electron chi connectivity index (χ3n) is 7.60. The number of nitrogens with zero attached hydrogens (tertiary/aromatic N) is 8. The lowest BCUT2D eigenvalue weighted by Gasteiger charge is -2.48. The van der Waals surface area contributed by atoms with Crippen molar-refractivity contribution in [3.63, 3.8) is 0 Å². The van der Waals surface area contributed by atoms with Gasteiger partial charge in [-0.15, -0.1) is 5.10 Å². The Kier molecular flexibility index (Phi) is 5.92. The SMILES string of the molecule is CNc1nc(N[C@H]2CCN(C3(C#N)COC3)C[C@H]2F)nn2ccc(-c3ccc4nc(C)n(C(C)C)c4n3)c12. The highest BCUT2D eigenvalue weighted by atomic mass is 19.1. The Balaban J connectivity index is 1.29. The molecule has 2 fully saturated rings. The zero-order valence-corrected chi connectivity index (χ0v) is 21.9. The zero-order chi connectivity index (χ0) is 26.6. The van der Waals surface area contributed by atoms with Gasteiger partial charge in [0.25, 0.3) is 0 Å². The molecule has 0 radical (unpaired) electrons. The molecule has 4 aromatic heterocycles. The molecule has 0 bridgehead atoms. The van der Waals surface area contributed by atoms with Crippen LogP contribution in [0.3, 0.4) is 0 Å². The van der Waals surface area contributed by atoms with Crippen LogP contribution in [-0.2, 0) is 4.74 Å². The lowest BCUT2D eigenvalue weighted by atomic mass is 9.92. The van der Waals surface area contributed by atoms with Crippen molar-refractivity contribution in [1.29, 1.82) is 5.26 Å². The normalized spacial score (nSPS) is 21.5. The minimum absolute atomic E-state index is 0.171. The van der Waals surface area contributed by atoms with Crippen LogP contribution in [-0.4, -0.2) is 85.1 Å². The van der Waals surface area contributed by atoms with Crippen molar-refractivity contribution in [3.05, 3.63) is 30.2 Å². The maximum absolute atomic E-state index is 15.2. The molecular formula is C26H31FN10O. The molecule has 0 spiro atoms. The summed E-state index contributed by atoms with van der Waals surface area (Å²) in [7, 11) is 1.80. The molecule has 11 nitrogen and oxygen atoms in total. The number of hydrogen-bond donors (Lipinski definition) is 2. The van der Waals surface area contributed by atoms with Crippen molar-refractivity contribution < 1.29 is 9.13 Å². The first-order valence-electron chi connectivity index (χ1n) is 12.9. The lowest BCUT2D eigenvalue weighted by Crippen LogP contribution is -2.65. The van der Waals surface area contributed by atoms with Crippen LogP contribution in [0, 0.1) is 18.3 Å². The van der Waals surface area contributed by atoms with Crippen LogP contribution in [0.15, 0.2) is 24.4 Å². The Labute approximate surface area is 219 Å². The minimum Gasteiger partial charge on any atom is -0.375 e. The molecule has 198 valence electrons. The second kappa shape index (κ2) is 9.18. The maximum Gasteiger partial charge on any atom is 0.243 e. The summed E-state index contributed by atoms with van der Waals surface area (Å²) in [5.41, 5.74) is 3.46. The van der Waals surface area contributed by atoms with E-state index in [0.29, 0.717) is 37.9 Å². The van der Waals surface area contributed by atoms with Crippen LogP contribution in [0.1, 0.15) is 32.1 Å². The Morgan fingerprint density at radius 3 is 2.68 bits per heavy atom. The van der Waals surface area contributed by atoms with Crippen molar-refractivity contribution in [2.24, 2.45) is 0 Å². The van der Waals surface area contributed by atoms with Crippen molar-refractivity contribution in [1.82, 2.24) is 34.0 Å². The van der Waals surface area contributed by atoms with E-state index in [1.807, 2.05) is 36.2 Å². The minimum atomic E-state index is -1.17. The van der Waals surface area contributed by atoms with Gasteiger partial charge in [0.15, 0.2) is 17.0 Å². The molecule has 0 unspecified atom stereocenters. The van der Waals surface area contributed by atoms with Crippen LogP contribution in [0.2, 0.25) is 0 Å². The number of aromatic nitrogens is 6. The summed E-state index contributed by atoms with van der Waals surface area (Å²) in [6.45, 7) is 7.66. The number of rotatable bonds is 6. The first-order valence-corrected chi connectivity index (χ1v) is 12.9. The first-order chi connectivity index (χ1) is 18.3. The molecule has 0 amide bonds. The van der Waals surface area contributed by atoms with Gasteiger partial charge < -0.3 is 19.9 Å². The van der Waals surface area contributed by atoms with Crippen molar-refractivity contribution in [2.45, 2.75) is 51.0 Å². The number of ether oxygens (including phenoxy) is 1. The molecule has 6 heterocycles. The van der Waals surface area contributed by atoms with Gasteiger partial charge in [-0.2, -0.15) is 10.2 Å². The molecule has 4 aromatic rings.